The standard InChI is InChI=1S/C26H26FN5O2S/c1-17-23(25(34)31-12-4-5-13-31)24(18-7-9-19(27)10-8-18)32-21(16-35-26(32)30-17)14-22(33)29-15-20-6-2-3-11-28-20/h2-3,6-11,16,24H,4-5,12-15H2,1H3,(H,29,33). The number of thioether (sulfide) groups is 1. The molecule has 2 amide bonds. The number of rotatable bonds is 6. The molecule has 0 radical (unpaired) electrons. The Hall–Kier alpha value is -3.46. The lowest BCUT2D eigenvalue weighted by Crippen LogP contribution is -2.41. The summed E-state index contributed by atoms with van der Waals surface area (Å²) in [6.45, 7) is 3.62. The molecule has 5 rings (SSSR count). The van der Waals surface area contributed by atoms with Gasteiger partial charge in [-0.05, 0) is 55.0 Å². The number of carbonyl (C=O) groups is 2. The molecule has 0 spiro atoms. The highest BCUT2D eigenvalue weighted by molar-refractivity contribution is 8.16. The van der Waals surface area contributed by atoms with Crippen molar-refractivity contribution in [1.82, 2.24) is 20.1 Å². The topological polar surface area (TPSA) is 77.9 Å². The number of pyridine rings is 1. The minimum atomic E-state index is -0.485. The van der Waals surface area contributed by atoms with Crippen LogP contribution in [0.15, 0.2) is 76.0 Å². The summed E-state index contributed by atoms with van der Waals surface area (Å²) < 4.78 is 13.8. The molecule has 0 saturated carbocycles. The molecule has 0 bridgehead atoms. The van der Waals surface area contributed by atoms with E-state index in [0.717, 1.165) is 42.9 Å². The molecule has 0 aliphatic carbocycles. The zero-order chi connectivity index (χ0) is 24.4. The van der Waals surface area contributed by atoms with Gasteiger partial charge in [-0.1, -0.05) is 30.0 Å². The van der Waals surface area contributed by atoms with Gasteiger partial charge in [0, 0.05) is 25.0 Å². The summed E-state index contributed by atoms with van der Waals surface area (Å²) in [4.78, 5) is 39.2. The number of aromatic nitrogens is 1. The first-order valence-corrected chi connectivity index (χ1v) is 12.5. The van der Waals surface area contributed by atoms with Crippen molar-refractivity contribution in [1.29, 1.82) is 0 Å². The number of amidine groups is 1. The molecule has 180 valence electrons. The van der Waals surface area contributed by atoms with Crippen molar-refractivity contribution < 1.29 is 14.0 Å². The lowest BCUT2D eigenvalue weighted by atomic mass is 9.92. The highest BCUT2D eigenvalue weighted by Gasteiger charge is 2.41. The number of aliphatic imine (C=N–C) groups is 1. The number of fused-ring (bicyclic) bond motifs is 1. The quantitative estimate of drug-likeness (QED) is 0.658. The predicted molar refractivity (Wildman–Crippen MR) is 133 cm³/mol. The van der Waals surface area contributed by atoms with Crippen LogP contribution >= 0.6 is 11.8 Å². The molecule has 3 aliphatic rings. The molecule has 1 N–H and O–H groups in total. The third-order valence-electron chi connectivity index (χ3n) is 6.34. The van der Waals surface area contributed by atoms with Crippen LogP contribution in [0.1, 0.15) is 43.5 Å². The van der Waals surface area contributed by atoms with Crippen molar-refractivity contribution in [3.63, 3.8) is 0 Å². The lowest BCUT2D eigenvalue weighted by Gasteiger charge is -2.37. The number of hydrogen-bond acceptors (Lipinski definition) is 6. The maximum absolute atomic E-state index is 13.8. The summed E-state index contributed by atoms with van der Waals surface area (Å²) >= 11 is 1.43. The number of likely N-dealkylation sites (tertiary alicyclic amines) is 1. The molecular weight excluding hydrogens is 465 g/mol. The van der Waals surface area contributed by atoms with Crippen LogP contribution < -0.4 is 5.32 Å². The Morgan fingerprint density at radius 1 is 1.14 bits per heavy atom. The molecule has 7 nitrogen and oxygen atoms in total. The van der Waals surface area contributed by atoms with Gasteiger partial charge >= 0.3 is 0 Å². The van der Waals surface area contributed by atoms with E-state index in [1.54, 1.807) is 18.3 Å². The van der Waals surface area contributed by atoms with Crippen LogP contribution in [0.2, 0.25) is 0 Å². The van der Waals surface area contributed by atoms with Crippen molar-refractivity contribution in [2.75, 3.05) is 13.1 Å². The normalized spacial score (nSPS) is 19.4. The van der Waals surface area contributed by atoms with E-state index < -0.39 is 6.04 Å². The van der Waals surface area contributed by atoms with Crippen LogP contribution in [0, 0.1) is 5.82 Å². The fourth-order valence-corrected chi connectivity index (χ4v) is 5.58. The summed E-state index contributed by atoms with van der Waals surface area (Å²) in [6, 6.07) is 11.3. The Kier molecular flexibility index (Phi) is 6.68. The van der Waals surface area contributed by atoms with Crippen molar-refractivity contribution in [2.45, 2.75) is 38.8 Å². The monoisotopic (exact) mass is 491 g/mol. The Morgan fingerprint density at radius 3 is 2.63 bits per heavy atom. The van der Waals surface area contributed by atoms with Gasteiger partial charge < -0.3 is 15.1 Å². The van der Waals surface area contributed by atoms with E-state index in [1.165, 1.54) is 23.9 Å². The van der Waals surface area contributed by atoms with Crippen molar-refractivity contribution >= 4 is 28.7 Å². The van der Waals surface area contributed by atoms with Gasteiger partial charge in [0.05, 0.1) is 36.0 Å². The van der Waals surface area contributed by atoms with Gasteiger partial charge in [-0.25, -0.2) is 9.38 Å². The van der Waals surface area contributed by atoms with Crippen LogP contribution in [0.3, 0.4) is 0 Å². The fraction of sp³-hybridized carbons (Fsp3) is 0.308. The van der Waals surface area contributed by atoms with Gasteiger partial charge in [0.25, 0.3) is 5.91 Å². The second-order valence-electron chi connectivity index (χ2n) is 8.72. The second kappa shape index (κ2) is 10.0. The smallest absolute Gasteiger partial charge is 0.254 e. The van der Waals surface area contributed by atoms with E-state index in [1.807, 2.05) is 40.3 Å². The molecule has 35 heavy (non-hydrogen) atoms. The first-order chi connectivity index (χ1) is 17.0. The Labute approximate surface area is 207 Å². The highest BCUT2D eigenvalue weighted by atomic mass is 32.2. The van der Waals surface area contributed by atoms with Gasteiger partial charge in [-0.15, -0.1) is 0 Å². The number of hydrogen-bond donors (Lipinski definition) is 1. The van der Waals surface area contributed by atoms with Gasteiger partial charge in [0.2, 0.25) is 5.91 Å². The van der Waals surface area contributed by atoms with E-state index in [9.17, 15) is 14.0 Å². The Bertz CT molecular complexity index is 1220. The molecule has 1 unspecified atom stereocenters. The predicted octanol–water partition coefficient (Wildman–Crippen LogP) is 4.12. The number of nitrogens with one attached hydrogen (secondary N) is 1. The third-order valence-corrected chi connectivity index (χ3v) is 7.23. The minimum Gasteiger partial charge on any atom is -0.350 e. The first-order valence-electron chi connectivity index (χ1n) is 11.7. The summed E-state index contributed by atoms with van der Waals surface area (Å²) in [6.07, 6.45) is 3.78. The van der Waals surface area contributed by atoms with Crippen LogP contribution in [0.4, 0.5) is 4.39 Å². The van der Waals surface area contributed by atoms with Crippen molar-refractivity contribution in [3.8, 4) is 0 Å². The van der Waals surface area contributed by atoms with Crippen molar-refractivity contribution in [3.05, 3.63) is 88.1 Å². The molecule has 1 fully saturated rings. The van der Waals surface area contributed by atoms with Gasteiger partial charge in [0.1, 0.15) is 5.82 Å². The zero-order valence-corrected chi connectivity index (χ0v) is 20.2. The molecule has 4 heterocycles. The lowest BCUT2D eigenvalue weighted by molar-refractivity contribution is -0.126. The van der Waals surface area contributed by atoms with E-state index >= 15 is 0 Å². The average molecular weight is 492 g/mol. The number of halogens is 1. The minimum absolute atomic E-state index is 0.0482. The summed E-state index contributed by atoms with van der Waals surface area (Å²) in [7, 11) is 0. The zero-order valence-electron chi connectivity index (χ0n) is 19.4. The van der Waals surface area contributed by atoms with E-state index in [0.29, 0.717) is 23.0 Å². The fourth-order valence-electron chi connectivity index (χ4n) is 4.61. The first kappa shape index (κ1) is 23.3. The number of benzene rings is 1. The molecular formula is C26H26FN5O2S. The number of nitrogens with zero attached hydrogens (tertiary/aromatic N) is 4. The summed E-state index contributed by atoms with van der Waals surface area (Å²) in [5, 5.41) is 5.54. The molecule has 1 saturated heterocycles. The number of amides is 2. The number of carbonyl (C=O) groups excluding carboxylic acids is 2. The maximum atomic E-state index is 13.8. The Morgan fingerprint density at radius 2 is 1.91 bits per heavy atom. The van der Waals surface area contributed by atoms with E-state index in [4.69, 9.17) is 4.99 Å². The van der Waals surface area contributed by atoms with Crippen LogP contribution in [-0.2, 0) is 16.1 Å². The van der Waals surface area contributed by atoms with Crippen molar-refractivity contribution in [2.24, 2.45) is 4.99 Å². The highest BCUT2D eigenvalue weighted by Crippen LogP contribution is 2.45. The van der Waals surface area contributed by atoms with E-state index in [-0.39, 0.29) is 24.1 Å². The molecule has 1 atom stereocenters. The molecule has 1 aromatic heterocycles. The van der Waals surface area contributed by atoms with E-state index in [2.05, 4.69) is 10.3 Å². The van der Waals surface area contributed by atoms with Crippen LogP contribution in [0.25, 0.3) is 0 Å². The van der Waals surface area contributed by atoms with Gasteiger partial charge in [0.15, 0.2) is 5.17 Å². The number of allylic oxidation sites excluding steroid dienone is 1. The second-order valence-corrected chi connectivity index (χ2v) is 9.56. The van der Waals surface area contributed by atoms with Gasteiger partial charge in [-0.3, -0.25) is 14.6 Å². The summed E-state index contributed by atoms with van der Waals surface area (Å²) in [5.74, 6) is -0.541. The van der Waals surface area contributed by atoms with Gasteiger partial charge in [-0.2, -0.15) is 0 Å². The summed E-state index contributed by atoms with van der Waals surface area (Å²) in [5.41, 5.74) is 3.54. The van der Waals surface area contributed by atoms with Crippen LogP contribution in [0.5, 0.6) is 0 Å². The largest absolute Gasteiger partial charge is 0.350 e. The van der Waals surface area contributed by atoms with Crippen LogP contribution in [-0.4, -0.2) is 44.9 Å². The molecule has 1 aromatic carbocycles. The maximum Gasteiger partial charge on any atom is 0.254 e. The molecule has 2 aromatic rings. The Balaban J connectivity index is 1.43. The SMILES string of the molecule is CC1=C(C(=O)N2CCCC2)C(c2ccc(F)cc2)N2C(CC(=O)NCc3ccccn3)=CSC2=N1. The third kappa shape index (κ3) is 4.86. The average Bonchev–Trinajstić information content (AvgIpc) is 3.54. The molecule has 3 aliphatic heterocycles. The molecule has 9 heteroatoms.